The molecule has 14 N–H and O–H groups in total. The third kappa shape index (κ3) is 18.8. The number of carboxylic acid groups (broad SMARTS) is 1. The molecule has 2 aromatic carbocycles. The van der Waals surface area contributed by atoms with Crippen molar-refractivity contribution in [2.24, 2.45) is 28.3 Å². The number of benzene rings is 2. The molecule has 410 valence electrons. The number of likely N-dealkylation sites (tertiary alicyclic amines) is 1. The van der Waals surface area contributed by atoms with E-state index in [0.717, 1.165) is 12.1 Å². The first-order valence-corrected chi connectivity index (χ1v) is 26.1. The molecule has 3 aromatic rings. The van der Waals surface area contributed by atoms with Gasteiger partial charge >= 0.3 is 5.97 Å². The monoisotopic (exact) mass is 1070 g/mol. The van der Waals surface area contributed by atoms with E-state index in [4.69, 9.17) is 11.5 Å². The SMILES string of the molecule is CC[C@H](C)[C@H](NC(=O)[C@H](Cc1ccc(S(=O)(=O)O)cc1)NC(=O)[C@@H](NC(=O)[C@H](CCCN=C(N)N)NC(=O)CNC)C(C)C)C(=O)N[C@@H](Cc1cnc[nH]1)C(=O)N1CCC[C@H]1C(=O)N[C@@H](Cc1ccccc1)C(=O)O. The average Bonchev–Trinajstić information content (AvgIpc) is 4.08. The van der Waals surface area contributed by atoms with Gasteiger partial charge in [0.2, 0.25) is 41.4 Å². The van der Waals surface area contributed by atoms with Gasteiger partial charge in [-0.3, -0.25) is 43.1 Å². The number of carboxylic acids is 1. The van der Waals surface area contributed by atoms with E-state index >= 15 is 0 Å². The Hall–Kier alpha value is -7.45. The Morgan fingerprint density at radius 2 is 1.40 bits per heavy atom. The first kappa shape index (κ1) is 60.1. The Labute approximate surface area is 435 Å². The van der Waals surface area contributed by atoms with Crippen LogP contribution >= 0.6 is 0 Å². The smallest absolute Gasteiger partial charge is 0.326 e. The highest BCUT2D eigenvalue weighted by molar-refractivity contribution is 7.85. The molecule has 8 atom stereocenters. The molecule has 4 rings (SSSR count). The number of rotatable bonds is 29. The van der Waals surface area contributed by atoms with Crippen molar-refractivity contribution in [2.45, 2.75) is 126 Å². The van der Waals surface area contributed by atoms with Crippen LogP contribution in [0.2, 0.25) is 0 Å². The number of nitrogens with zero attached hydrogens (tertiary/aromatic N) is 3. The lowest BCUT2D eigenvalue weighted by molar-refractivity contribution is -0.145. The normalized spacial score (nSPS) is 16.2. The number of aromatic amines is 1. The topological polar surface area (TPSA) is 392 Å². The highest BCUT2D eigenvalue weighted by Gasteiger charge is 2.41. The van der Waals surface area contributed by atoms with Crippen molar-refractivity contribution < 1.29 is 56.4 Å². The number of H-pyrrole nitrogens is 1. The van der Waals surface area contributed by atoms with Gasteiger partial charge in [-0.05, 0) is 67.8 Å². The summed E-state index contributed by atoms with van der Waals surface area (Å²) < 4.78 is 33.3. The van der Waals surface area contributed by atoms with Crippen molar-refractivity contribution >= 4 is 63.4 Å². The number of guanidine groups is 1. The number of hydrogen-bond donors (Lipinski definition) is 12. The molecule has 1 saturated heterocycles. The van der Waals surface area contributed by atoms with Crippen LogP contribution in [0, 0.1) is 11.8 Å². The van der Waals surface area contributed by atoms with Crippen LogP contribution < -0.4 is 48.7 Å². The summed E-state index contributed by atoms with van der Waals surface area (Å²) in [7, 11) is -3.06. The van der Waals surface area contributed by atoms with Crippen molar-refractivity contribution in [3.05, 3.63) is 83.9 Å². The van der Waals surface area contributed by atoms with Gasteiger partial charge in [0.05, 0.1) is 17.8 Å². The minimum absolute atomic E-state index is 0.00800. The minimum atomic E-state index is -4.60. The fourth-order valence-corrected chi connectivity index (χ4v) is 8.81. The second kappa shape index (κ2) is 28.9. The summed E-state index contributed by atoms with van der Waals surface area (Å²) in [6.45, 7) is 6.87. The number of aromatic nitrogens is 2. The molecule has 2 heterocycles. The highest BCUT2D eigenvalue weighted by atomic mass is 32.2. The van der Waals surface area contributed by atoms with Crippen LogP contribution in [0.1, 0.15) is 76.6 Å². The minimum Gasteiger partial charge on any atom is -0.480 e. The summed E-state index contributed by atoms with van der Waals surface area (Å²) >= 11 is 0. The van der Waals surface area contributed by atoms with Crippen molar-refractivity contribution in [3.63, 3.8) is 0 Å². The van der Waals surface area contributed by atoms with Gasteiger partial charge < -0.3 is 63.7 Å². The lowest BCUT2D eigenvalue weighted by Gasteiger charge is -2.32. The predicted molar refractivity (Wildman–Crippen MR) is 274 cm³/mol. The molecule has 0 aliphatic carbocycles. The number of carbonyl (C=O) groups is 8. The Kier molecular flexibility index (Phi) is 23.1. The Bertz CT molecular complexity index is 2560. The number of amides is 7. The molecule has 1 aliphatic heterocycles. The zero-order valence-corrected chi connectivity index (χ0v) is 43.5. The Morgan fingerprint density at radius 3 is 1.99 bits per heavy atom. The number of aliphatic imine (C=N–C) groups is 1. The molecule has 1 aliphatic rings. The van der Waals surface area contributed by atoms with E-state index in [1.54, 1.807) is 65.1 Å². The van der Waals surface area contributed by atoms with Crippen molar-refractivity contribution in [1.29, 1.82) is 0 Å². The number of aliphatic carboxylic acids is 1. The van der Waals surface area contributed by atoms with Gasteiger partial charge in [0.1, 0.15) is 42.3 Å². The quantitative estimate of drug-likeness (QED) is 0.0165. The second-order valence-electron chi connectivity index (χ2n) is 18.7. The molecule has 0 saturated carbocycles. The number of hydrogen-bond acceptors (Lipinski definition) is 13. The van der Waals surface area contributed by atoms with Gasteiger partial charge in [0, 0.05) is 44.2 Å². The maximum absolute atomic E-state index is 14.6. The van der Waals surface area contributed by atoms with Crippen molar-refractivity contribution in [3.8, 4) is 0 Å². The summed E-state index contributed by atoms with van der Waals surface area (Å²) in [5, 5.41) is 28.8. The summed E-state index contributed by atoms with van der Waals surface area (Å²) in [4.78, 5) is 122. The fraction of sp³-hybridized carbons (Fsp3) is 0.510. The first-order chi connectivity index (χ1) is 35.5. The van der Waals surface area contributed by atoms with E-state index in [1.165, 1.54) is 29.6 Å². The average molecular weight is 1070 g/mol. The predicted octanol–water partition coefficient (Wildman–Crippen LogP) is -1.36. The molecule has 25 nitrogen and oxygen atoms in total. The fourth-order valence-electron chi connectivity index (χ4n) is 8.33. The molecule has 26 heteroatoms. The number of likely N-dealkylation sites (N-methyl/N-ethyl adjacent to an activating group) is 1. The van der Waals surface area contributed by atoms with E-state index in [-0.39, 0.29) is 64.1 Å². The van der Waals surface area contributed by atoms with Crippen LogP contribution in [-0.2, 0) is 67.7 Å². The van der Waals surface area contributed by atoms with Gasteiger partial charge in [-0.2, -0.15) is 8.42 Å². The van der Waals surface area contributed by atoms with Crippen LogP contribution in [0.3, 0.4) is 0 Å². The largest absolute Gasteiger partial charge is 0.480 e. The van der Waals surface area contributed by atoms with E-state index in [1.807, 2.05) is 0 Å². The van der Waals surface area contributed by atoms with Crippen LogP contribution in [-0.4, -0.2) is 155 Å². The third-order valence-electron chi connectivity index (χ3n) is 12.6. The number of nitrogens with two attached hydrogens (primary N) is 2. The molecule has 0 spiro atoms. The zero-order chi connectivity index (χ0) is 55.4. The van der Waals surface area contributed by atoms with E-state index in [0.29, 0.717) is 29.7 Å². The molecular weight excluding hydrogens is 995 g/mol. The van der Waals surface area contributed by atoms with E-state index < -0.39 is 116 Å². The lowest BCUT2D eigenvalue weighted by Crippen LogP contribution is -2.62. The molecule has 0 radical (unpaired) electrons. The summed E-state index contributed by atoms with van der Waals surface area (Å²) in [5.41, 5.74) is 12.3. The molecule has 75 heavy (non-hydrogen) atoms. The first-order valence-electron chi connectivity index (χ1n) is 24.6. The van der Waals surface area contributed by atoms with Gasteiger partial charge in [-0.15, -0.1) is 0 Å². The van der Waals surface area contributed by atoms with Crippen LogP contribution in [0.5, 0.6) is 0 Å². The number of nitrogens with one attached hydrogen (secondary N) is 8. The number of imidazole rings is 1. The van der Waals surface area contributed by atoms with Crippen LogP contribution in [0.15, 0.2) is 77.0 Å². The zero-order valence-electron chi connectivity index (χ0n) is 42.7. The molecular formula is C49H71N13O12S. The third-order valence-corrected chi connectivity index (χ3v) is 13.5. The molecule has 1 fully saturated rings. The Balaban J connectivity index is 1.62. The van der Waals surface area contributed by atoms with E-state index in [2.05, 4.69) is 52.2 Å². The summed E-state index contributed by atoms with van der Waals surface area (Å²) in [5.74, 6) is -7.71. The molecule has 1 aromatic heterocycles. The van der Waals surface area contributed by atoms with Gasteiger partial charge in [0.15, 0.2) is 5.96 Å². The molecule has 7 amide bonds. The second-order valence-corrected chi connectivity index (χ2v) is 20.1. The molecule has 0 unspecified atom stereocenters. The van der Waals surface area contributed by atoms with Gasteiger partial charge in [0.25, 0.3) is 10.1 Å². The number of carbonyl (C=O) groups excluding carboxylic acids is 7. The summed E-state index contributed by atoms with van der Waals surface area (Å²) in [6.07, 6.45) is 3.70. The maximum Gasteiger partial charge on any atom is 0.326 e. The van der Waals surface area contributed by atoms with Gasteiger partial charge in [-0.25, -0.2) is 9.78 Å². The van der Waals surface area contributed by atoms with Crippen LogP contribution in [0.4, 0.5) is 0 Å². The van der Waals surface area contributed by atoms with Crippen molar-refractivity contribution in [2.75, 3.05) is 26.7 Å². The lowest BCUT2D eigenvalue weighted by atomic mass is 9.96. The molecule has 0 bridgehead atoms. The van der Waals surface area contributed by atoms with Gasteiger partial charge in [-0.1, -0.05) is 76.6 Å². The van der Waals surface area contributed by atoms with Crippen LogP contribution in [0.25, 0.3) is 0 Å². The highest BCUT2D eigenvalue weighted by Crippen LogP contribution is 2.21. The van der Waals surface area contributed by atoms with Crippen molar-refractivity contribution in [1.82, 2.24) is 52.1 Å². The summed E-state index contributed by atoms with van der Waals surface area (Å²) in [6, 6.07) is 4.58. The van der Waals surface area contributed by atoms with E-state index in [9.17, 15) is 56.4 Å². The maximum atomic E-state index is 14.6. The standard InChI is InChI=1S/C49H71N13O12S/c1-6-29(4)41(46(68)58-36(24-32-25-53-27-55-32)47(69)62-21-11-15-38(62)44(66)59-37(48(70)71)23-30-12-8-7-9-13-30)61-43(65)35(22-31-16-18-33(19-17-31)75(72,73)74)57-45(67)40(28(2)3)60-42(64)34(56-39(63)26-52-5)14-10-20-54-49(50)51/h7-9,12-13,16-19,25,27-29,34-38,40-41,52H,6,10-11,14-15,20-24,26H2,1-5H3,(H,53,55)(H,56,63)(H,57,67)(H,58,68)(H,59,66)(H,60,64)(H,61,65)(H,70,71)(H4,50,51,54)(H,72,73,74)/t29-,34-,35-,36-,37-,38-,40-,41-/m0/s1. The Morgan fingerprint density at radius 1 is 0.787 bits per heavy atom.